The Morgan fingerprint density at radius 2 is 1.95 bits per heavy atom. The molecule has 2 rings (SSSR count). The molecular weight excluding hydrogens is 266 g/mol. The van der Waals surface area contributed by atoms with Crippen LogP contribution in [-0.4, -0.2) is 22.7 Å². The third-order valence-electron chi connectivity index (χ3n) is 3.93. The molecule has 1 aromatic carbocycles. The second-order valence-electron chi connectivity index (χ2n) is 6.17. The van der Waals surface area contributed by atoms with Crippen LogP contribution in [0.4, 0.5) is 0 Å². The molecule has 4 heteroatoms. The zero-order valence-electron chi connectivity index (χ0n) is 13.1. The van der Waals surface area contributed by atoms with Crippen LogP contribution in [0.2, 0.25) is 0 Å². The van der Waals surface area contributed by atoms with Gasteiger partial charge in [-0.25, -0.2) is 0 Å². The smallest absolute Gasteiger partial charge is 0.252 e. The van der Waals surface area contributed by atoms with Crippen LogP contribution in [-0.2, 0) is 4.79 Å². The lowest BCUT2D eigenvalue weighted by molar-refractivity contribution is -0.139. The van der Waals surface area contributed by atoms with Gasteiger partial charge in [0.25, 0.3) is 5.91 Å². The Labute approximate surface area is 126 Å². The molecule has 0 saturated heterocycles. The highest BCUT2D eigenvalue weighted by molar-refractivity contribution is 5.85. The van der Waals surface area contributed by atoms with E-state index in [1.54, 1.807) is 0 Å². The molecule has 0 radical (unpaired) electrons. The molecular formula is C17H25NO3. The molecule has 21 heavy (non-hydrogen) atoms. The van der Waals surface area contributed by atoms with E-state index in [1.165, 1.54) is 0 Å². The van der Waals surface area contributed by atoms with Gasteiger partial charge in [-0.15, -0.1) is 0 Å². The highest BCUT2D eigenvalue weighted by Crippen LogP contribution is 2.30. The number of carbonyl (C=O) groups excluding carboxylic acids is 1. The Morgan fingerprint density at radius 3 is 2.57 bits per heavy atom. The molecule has 0 bridgehead atoms. The Balaban J connectivity index is 2.02. The van der Waals surface area contributed by atoms with Gasteiger partial charge in [0.2, 0.25) is 0 Å². The van der Waals surface area contributed by atoms with Crippen LogP contribution in [0.15, 0.2) is 24.3 Å². The SMILES string of the molecule is CC(C)Oc1cccc(C(C)NC(=O)C2(O)CCCC2)c1. The third kappa shape index (κ3) is 3.97. The molecule has 116 valence electrons. The summed E-state index contributed by atoms with van der Waals surface area (Å²) in [6.45, 7) is 5.88. The molecule has 1 unspecified atom stereocenters. The highest BCUT2D eigenvalue weighted by atomic mass is 16.5. The molecule has 0 aliphatic heterocycles. The van der Waals surface area contributed by atoms with E-state index in [0.717, 1.165) is 24.2 Å². The average molecular weight is 291 g/mol. The number of carbonyl (C=O) groups is 1. The van der Waals surface area contributed by atoms with Crippen LogP contribution in [0.1, 0.15) is 58.1 Å². The molecule has 2 N–H and O–H groups in total. The molecule has 1 fully saturated rings. The van der Waals surface area contributed by atoms with Gasteiger partial charge >= 0.3 is 0 Å². The summed E-state index contributed by atoms with van der Waals surface area (Å²) >= 11 is 0. The fraction of sp³-hybridized carbons (Fsp3) is 0.588. The van der Waals surface area contributed by atoms with Gasteiger partial charge in [-0.05, 0) is 64.2 Å². The van der Waals surface area contributed by atoms with Gasteiger partial charge in [-0.3, -0.25) is 4.79 Å². The minimum atomic E-state index is -1.18. The summed E-state index contributed by atoms with van der Waals surface area (Å²) < 4.78 is 5.67. The Morgan fingerprint density at radius 1 is 1.29 bits per heavy atom. The Bertz CT molecular complexity index is 493. The molecule has 1 atom stereocenters. The monoisotopic (exact) mass is 291 g/mol. The van der Waals surface area contributed by atoms with Gasteiger partial charge in [0, 0.05) is 0 Å². The van der Waals surface area contributed by atoms with Crippen molar-refractivity contribution in [1.29, 1.82) is 0 Å². The summed E-state index contributed by atoms with van der Waals surface area (Å²) in [5.74, 6) is 0.533. The Kier molecular flexibility index (Phi) is 4.88. The van der Waals surface area contributed by atoms with Gasteiger partial charge in [-0.1, -0.05) is 12.1 Å². The lowest BCUT2D eigenvalue weighted by Crippen LogP contribution is -2.45. The Hall–Kier alpha value is -1.55. The summed E-state index contributed by atoms with van der Waals surface area (Å²) in [6.07, 6.45) is 3.06. The maximum absolute atomic E-state index is 12.2. The highest BCUT2D eigenvalue weighted by Gasteiger charge is 2.39. The summed E-state index contributed by atoms with van der Waals surface area (Å²) in [5, 5.41) is 13.2. The summed E-state index contributed by atoms with van der Waals surface area (Å²) in [7, 11) is 0. The van der Waals surface area contributed by atoms with E-state index >= 15 is 0 Å². The van der Waals surface area contributed by atoms with E-state index in [1.807, 2.05) is 45.0 Å². The number of aliphatic hydroxyl groups is 1. The first-order chi connectivity index (χ1) is 9.90. The molecule has 1 aliphatic carbocycles. The predicted octanol–water partition coefficient (Wildman–Crippen LogP) is 2.96. The molecule has 0 spiro atoms. The first-order valence-corrected chi connectivity index (χ1v) is 7.71. The third-order valence-corrected chi connectivity index (χ3v) is 3.93. The quantitative estimate of drug-likeness (QED) is 0.877. The van der Waals surface area contributed by atoms with Crippen molar-refractivity contribution in [3.05, 3.63) is 29.8 Å². The largest absolute Gasteiger partial charge is 0.491 e. The van der Waals surface area contributed by atoms with E-state index in [2.05, 4.69) is 5.32 Å². The van der Waals surface area contributed by atoms with Gasteiger partial charge in [0.15, 0.2) is 0 Å². The van der Waals surface area contributed by atoms with Crippen molar-refractivity contribution in [1.82, 2.24) is 5.32 Å². The van der Waals surface area contributed by atoms with Crippen molar-refractivity contribution in [2.24, 2.45) is 0 Å². The summed E-state index contributed by atoms with van der Waals surface area (Å²) in [6, 6.07) is 7.56. The van der Waals surface area contributed by atoms with E-state index in [9.17, 15) is 9.90 Å². The van der Waals surface area contributed by atoms with Crippen molar-refractivity contribution in [2.75, 3.05) is 0 Å². The first kappa shape index (κ1) is 15.8. The number of hydrogen-bond donors (Lipinski definition) is 2. The average Bonchev–Trinajstić information content (AvgIpc) is 2.86. The molecule has 0 heterocycles. The number of nitrogens with one attached hydrogen (secondary N) is 1. The van der Waals surface area contributed by atoms with E-state index in [0.29, 0.717) is 12.8 Å². The number of hydrogen-bond acceptors (Lipinski definition) is 3. The molecule has 4 nitrogen and oxygen atoms in total. The van der Waals surface area contributed by atoms with Crippen molar-refractivity contribution < 1.29 is 14.6 Å². The maximum atomic E-state index is 12.2. The molecule has 0 aromatic heterocycles. The lowest BCUT2D eigenvalue weighted by atomic mass is 10.00. The number of rotatable bonds is 5. The predicted molar refractivity (Wildman–Crippen MR) is 82.2 cm³/mol. The second-order valence-corrected chi connectivity index (χ2v) is 6.17. The fourth-order valence-electron chi connectivity index (χ4n) is 2.73. The van der Waals surface area contributed by atoms with Crippen molar-refractivity contribution in [3.63, 3.8) is 0 Å². The number of amides is 1. The molecule has 1 saturated carbocycles. The number of ether oxygens (including phenoxy) is 1. The van der Waals surface area contributed by atoms with Crippen molar-refractivity contribution >= 4 is 5.91 Å². The van der Waals surface area contributed by atoms with Crippen molar-refractivity contribution in [3.8, 4) is 5.75 Å². The van der Waals surface area contributed by atoms with Crippen LogP contribution in [0, 0.1) is 0 Å². The normalized spacial score (nSPS) is 18.5. The van der Waals surface area contributed by atoms with Crippen LogP contribution >= 0.6 is 0 Å². The van der Waals surface area contributed by atoms with Gasteiger partial charge < -0.3 is 15.2 Å². The number of benzene rings is 1. The van der Waals surface area contributed by atoms with Crippen LogP contribution in [0.25, 0.3) is 0 Å². The molecule has 1 amide bonds. The van der Waals surface area contributed by atoms with Crippen LogP contribution in [0.5, 0.6) is 5.75 Å². The van der Waals surface area contributed by atoms with Gasteiger partial charge in [-0.2, -0.15) is 0 Å². The first-order valence-electron chi connectivity index (χ1n) is 7.71. The molecule has 1 aromatic rings. The fourth-order valence-corrected chi connectivity index (χ4v) is 2.73. The minimum absolute atomic E-state index is 0.115. The van der Waals surface area contributed by atoms with Crippen LogP contribution < -0.4 is 10.1 Å². The van der Waals surface area contributed by atoms with Gasteiger partial charge in [0.05, 0.1) is 12.1 Å². The maximum Gasteiger partial charge on any atom is 0.252 e. The van der Waals surface area contributed by atoms with E-state index < -0.39 is 5.60 Å². The summed E-state index contributed by atoms with van der Waals surface area (Å²) in [4.78, 5) is 12.2. The lowest BCUT2D eigenvalue weighted by Gasteiger charge is -2.24. The van der Waals surface area contributed by atoms with E-state index in [-0.39, 0.29) is 18.1 Å². The second kappa shape index (κ2) is 6.48. The van der Waals surface area contributed by atoms with E-state index in [4.69, 9.17) is 4.74 Å². The summed E-state index contributed by atoms with van der Waals surface area (Å²) in [5.41, 5.74) is -0.205. The zero-order valence-corrected chi connectivity index (χ0v) is 13.1. The topological polar surface area (TPSA) is 58.6 Å². The van der Waals surface area contributed by atoms with Gasteiger partial charge in [0.1, 0.15) is 11.4 Å². The van der Waals surface area contributed by atoms with Crippen LogP contribution in [0.3, 0.4) is 0 Å². The molecule has 1 aliphatic rings. The van der Waals surface area contributed by atoms with Crippen molar-refractivity contribution in [2.45, 2.75) is 64.2 Å². The standard InChI is InChI=1S/C17H25NO3/c1-12(2)21-15-8-6-7-14(11-15)13(3)18-16(19)17(20)9-4-5-10-17/h6-8,11-13,20H,4-5,9-10H2,1-3H3,(H,18,19). The zero-order chi connectivity index (χ0) is 15.5. The minimum Gasteiger partial charge on any atom is -0.491 e.